The topological polar surface area (TPSA) is 53.4 Å². The highest BCUT2D eigenvalue weighted by atomic mass is 16.3. The molecule has 0 fully saturated rings. The number of amides is 1. The summed E-state index contributed by atoms with van der Waals surface area (Å²) in [6.45, 7) is 2.50. The minimum Gasteiger partial charge on any atom is -0.508 e. The average Bonchev–Trinajstić information content (AvgIpc) is 2.47. The molecule has 0 unspecified atom stereocenters. The third kappa shape index (κ3) is 3.57. The second-order valence-corrected chi connectivity index (χ2v) is 4.52. The Labute approximate surface area is 118 Å². The van der Waals surface area contributed by atoms with Gasteiger partial charge in [-0.25, -0.2) is 0 Å². The summed E-state index contributed by atoms with van der Waals surface area (Å²) in [6, 6.07) is 10.6. The Morgan fingerprint density at radius 2 is 2.15 bits per heavy atom. The van der Waals surface area contributed by atoms with Crippen molar-refractivity contribution in [1.29, 1.82) is 0 Å². The zero-order chi connectivity index (χ0) is 14.4. The van der Waals surface area contributed by atoms with E-state index in [0.29, 0.717) is 19.4 Å². The Hall–Kier alpha value is -2.36. The van der Waals surface area contributed by atoms with Gasteiger partial charge in [0.1, 0.15) is 5.75 Å². The molecule has 1 N–H and O–H groups in total. The number of nitrogens with zero attached hydrogens (tertiary/aromatic N) is 2. The summed E-state index contributed by atoms with van der Waals surface area (Å²) >= 11 is 0. The number of hydrogen-bond donors (Lipinski definition) is 1. The summed E-state index contributed by atoms with van der Waals surface area (Å²) in [4.78, 5) is 18.0. The molecular weight excluding hydrogens is 252 g/mol. The third-order valence-electron chi connectivity index (χ3n) is 3.11. The molecule has 0 aliphatic heterocycles. The molecule has 0 saturated carbocycles. The van der Waals surface area contributed by atoms with Crippen LogP contribution in [0.4, 0.5) is 5.69 Å². The first-order valence-corrected chi connectivity index (χ1v) is 6.69. The van der Waals surface area contributed by atoms with Crippen molar-refractivity contribution in [2.75, 3.05) is 11.4 Å². The molecule has 0 spiro atoms. The summed E-state index contributed by atoms with van der Waals surface area (Å²) in [6.07, 6.45) is 4.59. The molecule has 2 rings (SSSR count). The van der Waals surface area contributed by atoms with Gasteiger partial charge in [-0.15, -0.1) is 0 Å². The van der Waals surface area contributed by atoms with Crippen LogP contribution in [0.1, 0.15) is 18.9 Å². The monoisotopic (exact) mass is 270 g/mol. The standard InChI is InChI=1S/C16H18N2O2/c1-2-18(14-6-3-7-15(19)11-14)16(20)9-8-13-5-4-10-17-12-13/h3-7,10-12,19H,2,8-9H2,1H3. The molecule has 0 atom stereocenters. The lowest BCUT2D eigenvalue weighted by Crippen LogP contribution is -2.30. The minimum absolute atomic E-state index is 0.0435. The Balaban J connectivity index is 2.02. The lowest BCUT2D eigenvalue weighted by molar-refractivity contribution is -0.118. The van der Waals surface area contributed by atoms with Crippen LogP contribution >= 0.6 is 0 Å². The van der Waals surface area contributed by atoms with Gasteiger partial charge in [-0.1, -0.05) is 12.1 Å². The zero-order valence-electron chi connectivity index (χ0n) is 11.5. The number of anilines is 1. The quantitative estimate of drug-likeness (QED) is 0.909. The van der Waals surface area contributed by atoms with Crippen molar-refractivity contribution in [2.24, 2.45) is 0 Å². The van der Waals surface area contributed by atoms with Gasteiger partial charge >= 0.3 is 0 Å². The fourth-order valence-corrected chi connectivity index (χ4v) is 2.10. The Morgan fingerprint density at radius 1 is 1.30 bits per heavy atom. The summed E-state index contributed by atoms with van der Waals surface area (Å²) in [5.74, 6) is 0.211. The van der Waals surface area contributed by atoms with Crippen molar-refractivity contribution in [3.8, 4) is 5.75 Å². The molecule has 4 nitrogen and oxygen atoms in total. The van der Waals surface area contributed by atoms with E-state index in [2.05, 4.69) is 4.98 Å². The molecule has 1 heterocycles. The van der Waals surface area contributed by atoms with Crippen molar-refractivity contribution in [3.05, 3.63) is 54.4 Å². The second-order valence-electron chi connectivity index (χ2n) is 4.52. The highest BCUT2D eigenvalue weighted by Crippen LogP contribution is 2.20. The van der Waals surface area contributed by atoms with E-state index in [1.165, 1.54) is 0 Å². The molecule has 20 heavy (non-hydrogen) atoms. The van der Waals surface area contributed by atoms with E-state index in [1.54, 1.807) is 35.5 Å². The SMILES string of the molecule is CCN(C(=O)CCc1cccnc1)c1cccc(O)c1. The maximum atomic E-state index is 12.3. The Bertz CT molecular complexity index is 570. The molecule has 0 aliphatic rings. The van der Waals surface area contributed by atoms with E-state index in [-0.39, 0.29) is 11.7 Å². The third-order valence-corrected chi connectivity index (χ3v) is 3.11. The number of aromatic nitrogens is 1. The molecule has 1 aromatic heterocycles. The summed E-state index contributed by atoms with van der Waals surface area (Å²) in [5.41, 5.74) is 1.77. The van der Waals surface area contributed by atoms with Gasteiger partial charge in [0.15, 0.2) is 0 Å². The normalized spacial score (nSPS) is 10.2. The number of phenolic OH excluding ortho intramolecular Hbond substituents is 1. The maximum absolute atomic E-state index is 12.3. The lowest BCUT2D eigenvalue weighted by Gasteiger charge is -2.21. The molecule has 0 saturated heterocycles. The highest BCUT2D eigenvalue weighted by Gasteiger charge is 2.14. The Kier molecular flexibility index (Phi) is 4.71. The van der Waals surface area contributed by atoms with E-state index in [4.69, 9.17) is 0 Å². The van der Waals surface area contributed by atoms with Gasteiger partial charge in [-0.05, 0) is 37.1 Å². The predicted octanol–water partition coefficient (Wildman–Crippen LogP) is 2.77. The van der Waals surface area contributed by atoms with Gasteiger partial charge in [0.2, 0.25) is 5.91 Å². The van der Waals surface area contributed by atoms with Gasteiger partial charge in [0, 0.05) is 37.1 Å². The van der Waals surface area contributed by atoms with Crippen LogP contribution in [0, 0.1) is 0 Å². The van der Waals surface area contributed by atoms with E-state index in [1.807, 2.05) is 25.1 Å². The largest absolute Gasteiger partial charge is 0.508 e. The van der Waals surface area contributed by atoms with Crippen molar-refractivity contribution < 1.29 is 9.90 Å². The molecule has 0 radical (unpaired) electrons. The molecule has 1 aromatic carbocycles. The maximum Gasteiger partial charge on any atom is 0.227 e. The van der Waals surface area contributed by atoms with E-state index in [0.717, 1.165) is 11.3 Å². The fraction of sp³-hybridized carbons (Fsp3) is 0.250. The average molecular weight is 270 g/mol. The number of aromatic hydroxyl groups is 1. The second kappa shape index (κ2) is 6.70. The first-order chi connectivity index (χ1) is 9.70. The fourth-order valence-electron chi connectivity index (χ4n) is 2.10. The molecule has 2 aromatic rings. The van der Waals surface area contributed by atoms with E-state index >= 15 is 0 Å². The summed E-state index contributed by atoms with van der Waals surface area (Å²) < 4.78 is 0. The zero-order valence-corrected chi connectivity index (χ0v) is 11.5. The van der Waals surface area contributed by atoms with Gasteiger partial charge in [-0.3, -0.25) is 9.78 Å². The van der Waals surface area contributed by atoms with Crippen molar-refractivity contribution in [2.45, 2.75) is 19.8 Å². The first kappa shape index (κ1) is 14.1. The predicted molar refractivity (Wildman–Crippen MR) is 78.7 cm³/mol. The van der Waals surface area contributed by atoms with Crippen LogP contribution in [0.5, 0.6) is 5.75 Å². The molecule has 0 aliphatic carbocycles. The minimum atomic E-state index is 0.0435. The lowest BCUT2D eigenvalue weighted by atomic mass is 10.1. The number of pyridine rings is 1. The van der Waals surface area contributed by atoms with Crippen LogP contribution in [0.15, 0.2) is 48.8 Å². The molecule has 0 bridgehead atoms. The van der Waals surface area contributed by atoms with Crippen molar-refractivity contribution in [1.82, 2.24) is 4.98 Å². The van der Waals surface area contributed by atoms with Crippen LogP contribution < -0.4 is 4.90 Å². The van der Waals surface area contributed by atoms with Crippen LogP contribution in [0.25, 0.3) is 0 Å². The summed E-state index contributed by atoms with van der Waals surface area (Å²) in [5, 5.41) is 9.50. The Morgan fingerprint density at radius 3 is 2.80 bits per heavy atom. The smallest absolute Gasteiger partial charge is 0.227 e. The number of hydrogen-bond acceptors (Lipinski definition) is 3. The van der Waals surface area contributed by atoms with Crippen molar-refractivity contribution >= 4 is 11.6 Å². The van der Waals surface area contributed by atoms with Gasteiger partial charge < -0.3 is 10.0 Å². The number of carbonyl (C=O) groups is 1. The number of carbonyl (C=O) groups excluding carboxylic acids is 1. The number of aryl methyl sites for hydroxylation is 1. The highest BCUT2D eigenvalue weighted by molar-refractivity contribution is 5.93. The van der Waals surface area contributed by atoms with E-state index < -0.39 is 0 Å². The molecule has 4 heteroatoms. The van der Waals surface area contributed by atoms with Gasteiger partial charge in [0.25, 0.3) is 0 Å². The first-order valence-electron chi connectivity index (χ1n) is 6.69. The van der Waals surface area contributed by atoms with Crippen LogP contribution in [-0.4, -0.2) is 22.5 Å². The van der Waals surface area contributed by atoms with Gasteiger partial charge in [0.05, 0.1) is 0 Å². The molecule has 104 valence electrons. The van der Waals surface area contributed by atoms with Crippen LogP contribution in [0.3, 0.4) is 0 Å². The van der Waals surface area contributed by atoms with Crippen LogP contribution in [0.2, 0.25) is 0 Å². The number of phenols is 1. The summed E-state index contributed by atoms with van der Waals surface area (Å²) in [7, 11) is 0. The van der Waals surface area contributed by atoms with E-state index in [9.17, 15) is 9.90 Å². The molecular formula is C16H18N2O2. The number of rotatable bonds is 5. The molecule has 1 amide bonds. The van der Waals surface area contributed by atoms with Gasteiger partial charge in [-0.2, -0.15) is 0 Å². The van der Waals surface area contributed by atoms with Crippen LogP contribution in [-0.2, 0) is 11.2 Å². The number of benzene rings is 1. The van der Waals surface area contributed by atoms with Crippen molar-refractivity contribution in [3.63, 3.8) is 0 Å².